The molecule has 1 aliphatic rings. The molecule has 1 heterocycles. The van der Waals surface area contributed by atoms with Gasteiger partial charge in [0.15, 0.2) is 0 Å². The van der Waals surface area contributed by atoms with Crippen LogP contribution in [-0.2, 0) is 0 Å². The van der Waals surface area contributed by atoms with Crippen molar-refractivity contribution in [3.05, 3.63) is 0 Å². The zero-order valence-corrected chi connectivity index (χ0v) is 8.08. The van der Waals surface area contributed by atoms with Gasteiger partial charge in [0.2, 0.25) is 0 Å². The first-order valence-corrected chi connectivity index (χ1v) is 4.72. The minimum absolute atomic E-state index is 0.0647. The Morgan fingerprint density at radius 1 is 1.58 bits per heavy atom. The van der Waals surface area contributed by atoms with Crippen LogP contribution in [0.2, 0.25) is 0 Å². The topological polar surface area (TPSA) is 49.5 Å². The Balaban J connectivity index is 2.17. The highest BCUT2D eigenvalue weighted by atomic mass is 16.3. The average Bonchev–Trinajstić information content (AvgIpc) is 2.01. The first kappa shape index (κ1) is 9.96. The monoisotopic (exact) mass is 172 g/mol. The van der Waals surface area contributed by atoms with Crippen molar-refractivity contribution < 1.29 is 5.11 Å². The van der Waals surface area contributed by atoms with Gasteiger partial charge < -0.3 is 10.8 Å². The lowest BCUT2D eigenvalue weighted by atomic mass is 9.87. The molecule has 0 aromatic rings. The second kappa shape index (κ2) is 3.73. The molecule has 3 N–H and O–H groups in total. The molecule has 1 saturated heterocycles. The summed E-state index contributed by atoms with van der Waals surface area (Å²) in [5.74, 6) is 0.381. The molecule has 0 bridgehead atoms. The summed E-state index contributed by atoms with van der Waals surface area (Å²) >= 11 is 0. The summed E-state index contributed by atoms with van der Waals surface area (Å²) in [4.78, 5) is 2.31. The van der Waals surface area contributed by atoms with Crippen molar-refractivity contribution in [2.75, 3.05) is 26.2 Å². The van der Waals surface area contributed by atoms with Crippen LogP contribution in [0.4, 0.5) is 0 Å². The van der Waals surface area contributed by atoms with Crippen LogP contribution < -0.4 is 5.73 Å². The standard InChI is InChI=1S/C9H20N2O/c1-3-9(10)6-11(7-9)4-8(2)5-12/h8,12H,3-7,10H2,1-2H3. The summed E-state index contributed by atoms with van der Waals surface area (Å²) in [5.41, 5.74) is 6.07. The van der Waals surface area contributed by atoms with E-state index in [4.69, 9.17) is 10.8 Å². The summed E-state index contributed by atoms with van der Waals surface area (Å²) in [5, 5.41) is 8.83. The van der Waals surface area contributed by atoms with Crippen molar-refractivity contribution in [3.63, 3.8) is 0 Å². The van der Waals surface area contributed by atoms with Crippen LogP contribution in [0.25, 0.3) is 0 Å². The minimum Gasteiger partial charge on any atom is -0.396 e. The molecule has 1 aliphatic heterocycles. The second-order valence-corrected chi connectivity index (χ2v) is 4.17. The summed E-state index contributed by atoms with van der Waals surface area (Å²) < 4.78 is 0. The molecule has 0 aromatic heterocycles. The van der Waals surface area contributed by atoms with Gasteiger partial charge in [-0.1, -0.05) is 13.8 Å². The molecule has 1 rings (SSSR count). The van der Waals surface area contributed by atoms with Gasteiger partial charge in [-0.3, -0.25) is 4.90 Å². The Bertz CT molecular complexity index is 141. The third kappa shape index (κ3) is 2.19. The smallest absolute Gasteiger partial charge is 0.0468 e. The number of aliphatic hydroxyl groups excluding tert-OH is 1. The van der Waals surface area contributed by atoms with Gasteiger partial charge in [0.05, 0.1) is 0 Å². The predicted molar refractivity (Wildman–Crippen MR) is 49.9 cm³/mol. The molecule has 0 saturated carbocycles. The Hall–Kier alpha value is -0.120. The lowest BCUT2D eigenvalue weighted by molar-refractivity contribution is 0.0450. The van der Waals surface area contributed by atoms with Crippen LogP contribution in [-0.4, -0.2) is 41.8 Å². The highest BCUT2D eigenvalue weighted by Crippen LogP contribution is 2.21. The van der Waals surface area contributed by atoms with Crippen molar-refractivity contribution in [3.8, 4) is 0 Å². The van der Waals surface area contributed by atoms with E-state index >= 15 is 0 Å². The van der Waals surface area contributed by atoms with E-state index in [1.165, 1.54) is 0 Å². The highest BCUT2D eigenvalue weighted by Gasteiger charge is 2.37. The number of hydrogen-bond donors (Lipinski definition) is 2. The quantitative estimate of drug-likeness (QED) is 0.629. The molecule has 0 spiro atoms. The summed E-state index contributed by atoms with van der Waals surface area (Å²) in [6.45, 7) is 7.44. The van der Waals surface area contributed by atoms with Crippen LogP contribution in [0.15, 0.2) is 0 Å². The van der Waals surface area contributed by atoms with Crippen molar-refractivity contribution in [1.82, 2.24) is 4.90 Å². The lowest BCUT2D eigenvalue weighted by Gasteiger charge is -2.48. The average molecular weight is 172 g/mol. The molecule has 0 radical (unpaired) electrons. The number of likely N-dealkylation sites (tertiary alicyclic amines) is 1. The fourth-order valence-electron chi connectivity index (χ4n) is 1.70. The molecule has 3 nitrogen and oxygen atoms in total. The highest BCUT2D eigenvalue weighted by molar-refractivity contribution is 4.98. The maximum absolute atomic E-state index is 8.83. The zero-order chi connectivity index (χ0) is 9.19. The Labute approximate surface area is 74.5 Å². The number of nitrogens with zero attached hydrogens (tertiary/aromatic N) is 1. The van der Waals surface area contributed by atoms with Crippen molar-refractivity contribution in [1.29, 1.82) is 0 Å². The van der Waals surface area contributed by atoms with Gasteiger partial charge in [-0.15, -0.1) is 0 Å². The Morgan fingerprint density at radius 2 is 2.17 bits per heavy atom. The van der Waals surface area contributed by atoms with Gasteiger partial charge in [-0.25, -0.2) is 0 Å². The van der Waals surface area contributed by atoms with Gasteiger partial charge in [0.25, 0.3) is 0 Å². The molecule has 1 fully saturated rings. The van der Waals surface area contributed by atoms with E-state index in [2.05, 4.69) is 18.7 Å². The summed E-state index contributed by atoms with van der Waals surface area (Å²) in [6, 6.07) is 0. The second-order valence-electron chi connectivity index (χ2n) is 4.17. The molecule has 1 atom stereocenters. The van der Waals surface area contributed by atoms with Crippen LogP contribution >= 0.6 is 0 Å². The molecule has 12 heavy (non-hydrogen) atoms. The normalized spacial score (nSPS) is 25.0. The van der Waals surface area contributed by atoms with Crippen molar-refractivity contribution in [2.45, 2.75) is 25.8 Å². The zero-order valence-electron chi connectivity index (χ0n) is 8.08. The molecular weight excluding hydrogens is 152 g/mol. The third-order valence-electron chi connectivity index (χ3n) is 2.66. The predicted octanol–water partition coefficient (Wildman–Crippen LogP) is 0.0379. The maximum atomic E-state index is 8.83. The minimum atomic E-state index is 0.0647. The van der Waals surface area contributed by atoms with E-state index in [0.29, 0.717) is 5.92 Å². The molecule has 0 aromatic carbocycles. The Morgan fingerprint density at radius 3 is 2.58 bits per heavy atom. The summed E-state index contributed by atoms with van der Waals surface area (Å²) in [6.07, 6.45) is 1.05. The fourth-order valence-corrected chi connectivity index (χ4v) is 1.70. The fraction of sp³-hybridized carbons (Fsp3) is 1.00. The van der Waals surface area contributed by atoms with Crippen molar-refractivity contribution >= 4 is 0 Å². The number of rotatable bonds is 4. The summed E-state index contributed by atoms with van der Waals surface area (Å²) in [7, 11) is 0. The molecule has 0 aliphatic carbocycles. The maximum Gasteiger partial charge on any atom is 0.0468 e. The van der Waals surface area contributed by atoms with Gasteiger partial charge in [0.1, 0.15) is 0 Å². The van der Waals surface area contributed by atoms with E-state index in [1.807, 2.05) is 0 Å². The first-order valence-electron chi connectivity index (χ1n) is 4.72. The Kier molecular flexibility index (Phi) is 3.09. The van der Waals surface area contributed by atoms with Gasteiger partial charge in [-0.05, 0) is 12.3 Å². The molecule has 0 amide bonds. The van der Waals surface area contributed by atoms with Crippen LogP contribution in [0, 0.1) is 5.92 Å². The molecule has 3 heteroatoms. The van der Waals surface area contributed by atoms with E-state index < -0.39 is 0 Å². The largest absolute Gasteiger partial charge is 0.396 e. The van der Waals surface area contributed by atoms with Crippen molar-refractivity contribution in [2.24, 2.45) is 11.7 Å². The van der Waals surface area contributed by atoms with Crippen LogP contribution in [0.1, 0.15) is 20.3 Å². The number of aliphatic hydroxyl groups is 1. The number of hydrogen-bond acceptors (Lipinski definition) is 3. The van der Waals surface area contributed by atoms with Crippen LogP contribution in [0.5, 0.6) is 0 Å². The van der Waals surface area contributed by atoms with Gasteiger partial charge in [0, 0.05) is 31.8 Å². The van der Waals surface area contributed by atoms with E-state index in [9.17, 15) is 0 Å². The SMILES string of the molecule is CCC1(N)CN(CC(C)CO)C1. The first-order chi connectivity index (χ1) is 5.59. The lowest BCUT2D eigenvalue weighted by Crippen LogP contribution is -2.67. The third-order valence-corrected chi connectivity index (χ3v) is 2.66. The van der Waals surface area contributed by atoms with E-state index in [1.54, 1.807) is 0 Å². The van der Waals surface area contributed by atoms with Gasteiger partial charge >= 0.3 is 0 Å². The molecule has 1 unspecified atom stereocenters. The molecule has 72 valence electrons. The number of nitrogens with two attached hydrogens (primary N) is 1. The van der Waals surface area contributed by atoms with E-state index in [-0.39, 0.29) is 12.1 Å². The van der Waals surface area contributed by atoms with E-state index in [0.717, 1.165) is 26.1 Å². The van der Waals surface area contributed by atoms with Gasteiger partial charge in [-0.2, -0.15) is 0 Å². The van der Waals surface area contributed by atoms with Crippen LogP contribution in [0.3, 0.4) is 0 Å². The molecular formula is C9H20N2O.